The molecular formula is C37H52ClN3O6SSi. The van der Waals surface area contributed by atoms with Crippen LogP contribution >= 0.6 is 22.9 Å². The molecule has 2 fully saturated rings. The average Bonchev–Trinajstić information content (AvgIpc) is 3.66. The summed E-state index contributed by atoms with van der Waals surface area (Å²) in [5.74, 6) is 0.746. The van der Waals surface area contributed by atoms with E-state index in [-0.39, 0.29) is 29.5 Å². The number of aromatic nitrogens is 1. The number of pyridine rings is 1. The number of hydrogen-bond donors (Lipinski definition) is 0. The third-order valence-corrected chi connectivity index (χ3v) is 16.0. The molecule has 0 radical (unpaired) electrons. The number of nitrogens with zero attached hydrogens (tertiary/aromatic N) is 3. The first-order chi connectivity index (χ1) is 23.1. The predicted molar refractivity (Wildman–Crippen MR) is 200 cm³/mol. The normalized spacial score (nSPS) is 21.9. The molecule has 2 aromatic heterocycles. The second kappa shape index (κ2) is 14.3. The van der Waals surface area contributed by atoms with Gasteiger partial charge in [0.2, 0.25) is 0 Å². The highest BCUT2D eigenvalue weighted by Gasteiger charge is 2.43. The number of halogens is 1. The number of fused-ring (bicyclic) bond motifs is 2. The van der Waals surface area contributed by atoms with Crippen LogP contribution in [0.3, 0.4) is 0 Å². The van der Waals surface area contributed by atoms with Crippen LogP contribution in [0.4, 0.5) is 10.5 Å². The van der Waals surface area contributed by atoms with Crippen molar-refractivity contribution in [2.75, 3.05) is 37.8 Å². The van der Waals surface area contributed by atoms with E-state index in [1.165, 1.54) is 0 Å². The Morgan fingerprint density at radius 3 is 2.61 bits per heavy atom. The fourth-order valence-electron chi connectivity index (χ4n) is 6.54. The highest BCUT2D eigenvalue weighted by atomic mass is 35.5. The molecule has 0 unspecified atom stereocenters. The standard InChI is InChI=1S/C37H52ClN3O6SSi/c1-36(2,3)47-35(42)41-21-25(19-26(41)22-45-32-11-9-10-15-44-32)40-14-16-43-31-18-24(38)17-29(33(31)40)28-12-13-39-30-20-27(48-34(28)30)23-46-49(7,8)37(4,5)6/h12-13,17-18,20,25-26,32H,9-11,14-16,19,21-23H2,1-8H3/t25-,26-,32-/m0/s1. The van der Waals surface area contributed by atoms with Crippen molar-refractivity contribution in [1.82, 2.24) is 9.88 Å². The minimum Gasteiger partial charge on any atom is -0.489 e. The molecular weight excluding hydrogens is 678 g/mol. The van der Waals surface area contributed by atoms with Gasteiger partial charge in [-0.1, -0.05) is 32.4 Å². The first kappa shape index (κ1) is 36.4. The van der Waals surface area contributed by atoms with Crippen LogP contribution in [-0.4, -0.2) is 81.2 Å². The number of benzene rings is 1. The maximum Gasteiger partial charge on any atom is 0.410 e. The Balaban J connectivity index is 1.32. The van der Waals surface area contributed by atoms with E-state index >= 15 is 0 Å². The van der Waals surface area contributed by atoms with Gasteiger partial charge in [-0.25, -0.2) is 4.79 Å². The zero-order valence-electron chi connectivity index (χ0n) is 30.3. The van der Waals surface area contributed by atoms with Gasteiger partial charge in [0.15, 0.2) is 14.6 Å². The van der Waals surface area contributed by atoms with Crippen LogP contribution in [0, 0.1) is 0 Å². The molecule has 268 valence electrons. The fraction of sp³-hybridized carbons (Fsp3) is 0.622. The number of carbonyl (C=O) groups excluding carboxylic acids is 1. The lowest BCUT2D eigenvalue weighted by Gasteiger charge is -2.37. The minimum atomic E-state index is -1.92. The molecule has 12 heteroatoms. The first-order valence-corrected chi connectivity index (χ1v) is 21.7. The zero-order valence-corrected chi connectivity index (χ0v) is 32.8. The number of rotatable bonds is 8. The lowest BCUT2D eigenvalue weighted by molar-refractivity contribution is -0.168. The summed E-state index contributed by atoms with van der Waals surface area (Å²) in [4.78, 5) is 23.7. The average molecular weight is 730 g/mol. The Labute approximate surface area is 301 Å². The molecule has 0 spiro atoms. The maximum absolute atomic E-state index is 13.6. The third kappa shape index (κ3) is 8.23. The summed E-state index contributed by atoms with van der Waals surface area (Å²) in [7, 11) is -1.92. The molecule has 9 nitrogen and oxygen atoms in total. The van der Waals surface area contributed by atoms with Crippen LogP contribution in [0.2, 0.25) is 23.2 Å². The molecule has 1 aromatic carbocycles. The third-order valence-electron chi connectivity index (χ3n) is 10.1. The molecule has 49 heavy (non-hydrogen) atoms. The predicted octanol–water partition coefficient (Wildman–Crippen LogP) is 9.26. The number of anilines is 1. The van der Waals surface area contributed by atoms with E-state index in [4.69, 9.17) is 40.0 Å². The molecule has 1 amide bonds. The molecule has 0 saturated carbocycles. The molecule has 3 aliphatic rings. The van der Waals surface area contributed by atoms with Crippen molar-refractivity contribution in [3.8, 4) is 16.9 Å². The van der Waals surface area contributed by atoms with Crippen LogP contribution < -0.4 is 9.64 Å². The van der Waals surface area contributed by atoms with Crippen LogP contribution in [0.5, 0.6) is 5.75 Å². The van der Waals surface area contributed by atoms with Crippen molar-refractivity contribution < 1.29 is 28.2 Å². The van der Waals surface area contributed by atoms with Crippen molar-refractivity contribution in [1.29, 1.82) is 0 Å². The highest BCUT2D eigenvalue weighted by molar-refractivity contribution is 7.19. The summed E-state index contributed by atoms with van der Waals surface area (Å²) < 4.78 is 32.0. The van der Waals surface area contributed by atoms with Gasteiger partial charge in [-0.05, 0) is 82.8 Å². The molecule has 2 saturated heterocycles. The van der Waals surface area contributed by atoms with E-state index in [1.807, 2.05) is 44.0 Å². The van der Waals surface area contributed by atoms with Gasteiger partial charge < -0.3 is 33.2 Å². The van der Waals surface area contributed by atoms with Crippen molar-refractivity contribution >= 4 is 53.3 Å². The van der Waals surface area contributed by atoms with Gasteiger partial charge >= 0.3 is 6.09 Å². The van der Waals surface area contributed by atoms with Crippen molar-refractivity contribution in [2.45, 2.75) is 116 Å². The summed E-state index contributed by atoms with van der Waals surface area (Å²) >= 11 is 8.50. The number of carbonyl (C=O) groups is 1. The lowest BCUT2D eigenvalue weighted by Crippen LogP contribution is -2.45. The molecule has 0 bridgehead atoms. The van der Waals surface area contributed by atoms with Crippen LogP contribution in [0.1, 0.15) is 72.1 Å². The van der Waals surface area contributed by atoms with E-state index in [1.54, 1.807) is 11.3 Å². The van der Waals surface area contributed by atoms with Crippen LogP contribution in [0.15, 0.2) is 30.5 Å². The molecule has 5 heterocycles. The van der Waals surface area contributed by atoms with E-state index in [9.17, 15) is 4.79 Å². The van der Waals surface area contributed by atoms with Gasteiger partial charge in [0.1, 0.15) is 18.0 Å². The number of hydrogen-bond acceptors (Lipinski definition) is 9. The number of amides is 1. The summed E-state index contributed by atoms with van der Waals surface area (Å²) in [5, 5.41) is 0.740. The summed E-state index contributed by atoms with van der Waals surface area (Å²) in [6, 6.07) is 8.02. The summed E-state index contributed by atoms with van der Waals surface area (Å²) in [6.45, 7) is 20.4. The summed E-state index contributed by atoms with van der Waals surface area (Å²) in [6.07, 6.45) is 5.05. The van der Waals surface area contributed by atoms with Crippen molar-refractivity contribution in [2.24, 2.45) is 0 Å². The topological polar surface area (TPSA) is 82.6 Å². The highest BCUT2D eigenvalue weighted by Crippen LogP contribution is 2.48. The van der Waals surface area contributed by atoms with Crippen molar-refractivity contribution in [3.05, 3.63) is 40.4 Å². The van der Waals surface area contributed by atoms with Gasteiger partial charge in [-0.3, -0.25) is 4.98 Å². The van der Waals surface area contributed by atoms with Gasteiger partial charge in [0.25, 0.3) is 0 Å². The van der Waals surface area contributed by atoms with E-state index in [0.29, 0.717) is 44.5 Å². The van der Waals surface area contributed by atoms with Gasteiger partial charge in [0, 0.05) is 52.5 Å². The van der Waals surface area contributed by atoms with Crippen LogP contribution in [-0.2, 0) is 25.2 Å². The molecule has 0 N–H and O–H groups in total. The Morgan fingerprint density at radius 2 is 1.90 bits per heavy atom. The van der Waals surface area contributed by atoms with Gasteiger partial charge in [-0.2, -0.15) is 0 Å². The SMILES string of the molecule is CC(C)(C)OC(=O)N1C[C@@H](N2CCOc3cc(Cl)cc(-c4ccnc5cc(CO[Si](C)(C)C(C)(C)C)sc45)c32)C[C@H]1CO[C@H]1CCCCO1. The Morgan fingerprint density at radius 1 is 1.10 bits per heavy atom. The van der Waals surface area contributed by atoms with Crippen molar-refractivity contribution in [3.63, 3.8) is 0 Å². The molecule has 3 aliphatic heterocycles. The van der Waals surface area contributed by atoms with E-state index in [0.717, 1.165) is 63.3 Å². The maximum atomic E-state index is 13.6. The minimum absolute atomic E-state index is 0.0187. The van der Waals surface area contributed by atoms with Crippen LogP contribution in [0.25, 0.3) is 21.3 Å². The quantitative estimate of drug-likeness (QED) is 0.212. The largest absolute Gasteiger partial charge is 0.489 e. The molecule has 3 atom stereocenters. The molecule has 3 aromatic rings. The second-order valence-electron chi connectivity index (χ2n) is 16.0. The summed E-state index contributed by atoms with van der Waals surface area (Å²) in [5.41, 5.74) is 3.37. The lowest BCUT2D eigenvalue weighted by atomic mass is 9.99. The second-order valence-corrected chi connectivity index (χ2v) is 22.4. The first-order valence-electron chi connectivity index (χ1n) is 17.6. The fourth-order valence-corrected chi connectivity index (χ4v) is 8.85. The van der Waals surface area contributed by atoms with Gasteiger partial charge in [0.05, 0.1) is 41.7 Å². The zero-order chi connectivity index (χ0) is 35.1. The molecule has 6 rings (SSSR count). The monoisotopic (exact) mass is 729 g/mol. The Hall–Kier alpha value is -2.41. The van der Waals surface area contributed by atoms with Gasteiger partial charge in [-0.15, -0.1) is 11.3 Å². The number of ether oxygens (including phenoxy) is 4. The Kier molecular flexibility index (Phi) is 10.6. The Bertz CT molecular complexity index is 1650. The smallest absolute Gasteiger partial charge is 0.410 e. The van der Waals surface area contributed by atoms with E-state index in [2.05, 4.69) is 50.9 Å². The number of likely N-dealkylation sites (tertiary alicyclic amines) is 1. The van der Waals surface area contributed by atoms with E-state index < -0.39 is 13.9 Å². The number of thiophene rings is 1. The molecule has 0 aliphatic carbocycles.